The molecule has 6 heteroatoms. The van der Waals surface area contributed by atoms with Gasteiger partial charge in [-0.1, -0.05) is 13.8 Å². The first kappa shape index (κ1) is 14.7. The molecule has 0 spiro atoms. The molecular weight excluding hydrogens is 280 g/mol. The minimum Gasteiger partial charge on any atom is -0.344 e. The molecule has 6 nitrogen and oxygen atoms in total. The van der Waals surface area contributed by atoms with Gasteiger partial charge < -0.3 is 15.1 Å². The van der Waals surface area contributed by atoms with E-state index in [0.717, 1.165) is 24.8 Å². The van der Waals surface area contributed by atoms with Gasteiger partial charge in [-0.2, -0.15) is 0 Å². The van der Waals surface area contributed by atoms with E-state index in [1.165, 1.54) is 0 Å². The Balaban J connectivity index is 1.83. The van der Waals surface area contributed by atoms with Gasteiger partial charge in [0.1, 0.15) is 11.8 Å². The number of hydrogen-bond donors (Lipinski definition) is 2. The molecule has 2 aromatic heterocycles. The highest BCUT2D eigenvalue weighted by Gasteiger charge is 2.26. The third-order valence-corrected chi connectivity index (χ3v) is 3.85. The van der Waals surface area contributed by atoms with Crippen LogP contribution in [0.25, 0.3) is 11.2 Å². The van der Waals surface area contributed by atoms with Crippen LogP contribution in [0.2, 0.25) is 0 Å². The monoisotopic (exact) mass is 300 g/mol. The molecule has 2 N–H and O–H groups in total. The van der Waals surface area contributed by atoms with Crippen LogP contribution in [0.15, 0.2) is 12.4 Å². The quantitative estimate of drug-likeness (QED) is 0.800. The number of carbonyl (C=O) groups is 2. The highest BCUT2D eigenvalue weighted by Crippen LogP contribution is 2.39. The van der Waals surface area contributed by atoms with Crippen LogP contribution < -0.4 is 5.32 Å². The fraction of sp³-hybridized carbons (Fsp3) is 0.500. The summed E-state index contributed by atoms with van der Waals surface area (Å²) in [5.74, 6) is 0.525. The first-order chi connectivity index (χ1) is 10.6. The molecule has 116 valence electrons. The van der Waals surface area contributed by atoms with Crippen LogP contribution in [-0.4, -0.2) is 33.2 Å². The molecule has 1 fully saturated rings. The minimum absolute atomic E-state index is 0.286. The first-order valence-corrected chi connectivity index (χ1v) is 7.68. The maximum Gasteiger partial charge on any atom is 0.255 e. The predicted octanol–water partition coefficient (Wildman–Crippen LogP) is 2.18. The molecule has 1 saturated carbocycles. The number of aromatic nitrogens is 3. The van der Waals surface area contributed by atoms with Crippen molar-refractivity contribution in [1.29, 1.82) is 0 Å². The van der Waals surface area contributed by atoms with Gasteiger partial charge >= 0.3 is 0 Å². The van der Waals surface area contributed by atoms with Crippen LogP contribution in [0.1, 0.15) is 55.1 Å². The van der Waals surface area contributed by atoms with Crippen molar-refractivity contribution >= 4 is 23.4 Å². The molecule has 1 aliphatic rings. The second kappa shape index (κ2) is 5.87. The highest BCUT2D eigenvalue weighted by atomic mass is 16.2. The van der Waals surface area contributed by atoms with E-state index < -0.39 is 6.04 Å². The van der Waals surface area contributed by atoms with E-state index in [0.29, 0.717) is 35.0 Å². The zero-order chi connectivity index (χ0) is 15.7. The van der Waals surface area contributed by atoms with Gasteiger partial charge in [0.2, 0.25) is 0 Å². The van der Waals surface area contributed by atoms with Gasteiger partial charge in [-0.25, -0.2) is 9.97 Å². The van der Waals surface area contributed by atoms with Crippen molar-refractivity contribution in [2.45, 2.75) is 45.1 Å². The van der Waals surface area contributed by atoms with Gasteiger partial charge in [0.05, 0.1) is 23.5 Å². The van der Waals surface area contributed by atoms with Gasteiger partial charge in [0.25, 0.3) is 5.91 Å². The number of aromatic amines is 1. The molecular formula is C16H20N4O2. The average Bonchev–Trinajstić information content (AvgIpc) is 3.25. The highest BCUT2D eigenvalue weighted by molar-refractivity contribution is 6.05. The second-order valence-corrected chi connectivity index (χ2v) is 6.31. The zero-order valence-electron chi connectivity index (χ0n) is 12.8. The molecule has 0 aromatic carbocycles. The number of hydrogen-bond acceptors (Lipinski definition) is 4. The summed E-state index contributed by atoms with van der Waals surface area (Å²) in [6.07, 6.45) is 7.05. The number of amides is 1. The van der Waals surface area contributed by atoms with Crippen molar-refractivity contribution in [3.05, 3.63) is 23.7 Å². The van der Waals surface area contributed by atoms with Gasteiger partial charge in [0.15, 0.2) is 5.65 Å². The van der Waals surface area contributed by atoms with Gasteiger partial charge in [-0.15, -0.1) is 0 Å². The van der Waals surface area contributed by atoms with Gasteiger partial charge in [-0.05, 0) is 25.2 Å². The minimum atomic E-state index is -0.475. The Morgan fingerprint density at radius 3 is 2.91 bits per heavy atom. The Morgan fingerprint density at radius 1 is 1.50 bits per heavy atom. The van der Waals surface area contributed by atoms with Crippen LogP contribution in [0.3, 0.4) is 0 Å². The summed E-state index contributed by atoms with van der Waals surface area (Å²) in [5, 5.41) is 2.76. The molecule has 2 aromatic rings. The van der Waals surface area contributed by atoms with Crippen molar-refractivity contribution in [1.82, 2.24) is 20.3 Å². The van der Waals surface area contributed by atoms with Gasteiger partial charge in [0, 0.05) is 12.1 Å². The Hall–Kier alpha value is -2.24. The average molecular weight is 300 g/mol. The summed E-state index contributed by atoms with van der Waals surface area (Å²) in [7, 11) is 0. The van der Waals surface area contributed by atoms with Crippen molar-refractivity contribution in [2.24, 2.45) is 5.92 Å². The molecule has 0 radical (unpaired) electrons. The molecule has 22 heavy (non-hydrogen) atoms. The summed E-state index contributed by atoms with van der Waals surface area (Å²) >= 11 is 0. The largest absolute Gasteiger partial charge is 0.344 e. The number of nitrogens with one attached hydrogen (secondary N) is 2. The van der Waals surface area contributed by atoms with Gasteiger partial charge in [-0.3, -0.25) is 4.79 Å². The topological polar surface area (TPSA) is 87.7 Å². The van der Waals surface area contributed by atoms with E-state index in [1.54, 1.807) is 12.4 Å². The standard InChI is InChI=1S/C16H20N4O2/c1-9(2)5-11(8-21)19-16(22)12-6-17-15-14(12)20-13(7-18-15)10-3-4-10/h6-11H,3-5H2,1-2H3,(H,17,18)(H,19,22). The molecule has 3 rings (SSSR count). The third kappa shape index (κ3) is 3.00. The van der Waals surface area contributed by atoms with Crippen molar-refractivity contribution in [2.75, 3.05) is 0 Å². The molecule has 1 aliphatic carbocycles. The Labute approximate surface area is 128 Å². The number of carbonyl (C=O) groups excluding carboxylic acids is 2. The number of aldehydes is 1. The Bertz CT molecular complexity index is 703. The molecule has 1 amide bonds. The fourth-order valence-electron chi connectivity index (χ4n) is 2.56. The lowest BCUT2D eigenvalue weighted by molar-refractivity contribution is -0.109. The predicted molar refractivity (Wildman–Crippen MR) is 82.6 cm³/mol. The number of H-pyrrole nitrogens is 1. The van der Waals surface area contributed by atoms with E-state index in [1.807, 2.05) is 13.8 Å². The normalized spacial score (nSPS) is 16.0. The van der Waals surface area contributed by atoms with E-state index in [2.05, 4.69) is 20.3 Å². The Kier molecular flexibility index (Phi) is 3.92. The second-order valence-electron chi connectivity index (χ2n) is 6.31. The summed E-state index contributed by atoms with van der Waals surface area (Å²) < 4.78 is 0. The molecule has 0 saturated heterocycles. The molecule has 1 atom stereocenters. The number of nitrogens with zero attached hydrogens (tertiary/aromatic N) is 2. The van der Waals surface area contributed by atoms with Crippen molar-refractivity contribution in [3.8, 4) is 0 Å². The van der Waals surface area contributed by atoms with Crippen molar-refractivity contribution < 1.29 is 9.59 Å². The molecule has 1 unspecified atom stereocenters. The van der Waals surface area contributed by atoms with E-state index in [4.69, 9.17) is 0 Å². The zero-order valence-corrected chi connectivity index (χ0v) is 12.8. The van der Waals surface area contributed by atoms with Crippen LogP contribution in [0.4, 0.5) is 0 Å². The van der Waals surface area contributed by atoms with Crippen LogP contribution in [0, 0.1) is 5.92 Å². The third-order valence-electron chi connectivity index (χ3n) is 3.85. The van der Waals surface area contributed by atoms with E-state index in [9.17, 15) is 9.59 Å². The fourth-order valence-corrected chi connectivity index (χ4v) is 2.56. The maximum atomic E-state index is 12.4. The van der Waals surface area contributed by atoms with E-state index >= 15 is 0 Å². The molecule has 2 heterocycles. The summed E-state index contributed by atoms with van der Waals surface area (Å²) in [4.78, 5) is 35.4. The SMILES string of the molecule is CC(C)CC(C=O)NC(=O)c1c[nH]c2ncc(C3CC3)nc12. The lowest BCUT2D eigenvalue weighted by Crippen LogP contribution is -2.36. The summed E-state index contributed by atoms with van der Waals surface area (Å²) in [5.41, 5.74) is 2.56. The summed E-state index contributed by atoms with van der Waals surface area (Å²) in [6, 6.07) is -0.475. The van der Waals surface area contributed by atoms with Crippen LogP contribution in [-0.2, 0) is 4.79 Å². The molecule has 0 aliphatic heterocycles. The number of rotatable bonds is 6. The Morgan fingerprint density at radius 2 is 2.27 bits per heavy atom. The lowest BCUT2D eigenvalue weighted by Gasteiger charge is -2.14. The lowest BCUT2D eigenvalue weighted by atomic mass is 10.0. The van der Waals surface area contributed by atoms with E-state index in [-0.39, 0.29) is 5.91 Å². The smallest absolute Gasteiger partial charge is 0.255 e. The van der Waals surface area contributed by atoms with Crippen molar-refractivity contribution in [3.63, 3.8) is 0 Å². The summed E-state index contributed by atoms with van der Waals surface area (Å²) in [6.45, 7) is 4.03. The number of fused-ring (bicyclic) bond motifs is 1. The molecule has 0 bridgehead atoms. The van der Waals surface area contributed by atoms with Crippen LogP contribution >= 0.6 is 0 Å². The van der Waals surface area contributed by atoms with Crippen LogP contribution in [0.5, 0.6) is 0 Å². The maximum absolute atomic E-state index is 12.4. The first-order valence-electron chi connectivity index (χ1n) is 7.68.